The molecular weight excluding hydrogens is 262 g/mol. The van der Waals surface area contributed by atoms with Gasteiger partial charge in [-0.15, -0.1) is 0 Å². The standard InChI is InChI=1S/C17H25N3O/c1-11(2)17-19-16(21-20-17)9-10-18-14(5)15-8-6-7-12(3)13(15)4/h6-8,11,14,18H,9-10H2,1-5H3. The third kappa shape index (κ3) is 3.91. The molecule has 0 amide bonds. The van der Waals surface area contributed by atoms with Crippen LogP contribution in [0.25, 0.3) is 0 Å². The highest BCUT2D eigenvalue weighted by atomic mass is 16.5. The maximum Gasteiger partial charge on any atom is 0.227 e. The zero-order valence-electron chi connectivity index (χ0n) is 13.6. The molecule has 0 fully saturated rings. The lowest BCUT2D eigenvalue weighted by Gasteiger charge is -2.17. The van der Waals surface area contributed by atoms with Gasteiger partial charge >= 0.3 is 0 Å². The lowest BCUT2D eigenvalue weighted by molar-refractivity contribution is 0.367. The summed E-state index contributed by atoms with van der Waals surface area (Å²) in [5.41, 5.74) is 4.04. The first-order valence-electron chi connectivity index (χ1n) is 7.61. The van der Waals surface area contributed by atoms with Gasteiger partial charge in [-0.2, -0.15) is 4.98 Å². The van der Waals surface area contributed by atoms with Crippen molar-refractivity contribution < 1.29 is 4.52 Å². The van der Waals surface area contributed by atoms with E-state index < -0.39 is 0 Å². The van der Waals surface area contributed by atoms with Crippen molar-refractivity contribution >= 4 is 0 Å². The molecule has 2 rings (SSSR count). The smallest absolute Gasteiger partial charge is 0.227 e. The van der Waals surface area contributed by atoms with E-state index in [1.54, 1.807) is 0 Å². The van der Waals surface area contributed by atoms with E-state index in [9.17, 15) is 0 Å². The second-order valence-corrected chi connectivity index (χ2v) is 5.92. The molecule has 1 unspecified atom stereocenters. The number of hydrogen-bond acceptors (Lipinski definition) is 4. The summed E-state index contributed by atoms with van der Waals surface area (Å²) in [4.78, 5) is 4.39. The third-order valence-electron chi connectivity index (χ3n) is 3.90. The number of benzene rings is 1. The van der Waals surface area contributed by atoms with Crippen LogP contribution in [-0.4, -0.2) is 16.7 Å². The van der Waals surface area contributed by atoms with Crippen molar-refractivity contribution in [2.45, 2.75) is 53.0 Å². The lowest BCUT2D eigenvalue weighted by Crippen LogP contribution is -2.22. The van der Waals surface area contributed by atoms with Crippen LogP contribution in [0.15, 0.2) is 22.7 Å². The number of rotatable bonds is 6. The highest BCUT2D eigenvalue weighted by molar-refractivity contribution is 5.34. The topological polar surface area (TPSA) is 51.0 Å². The molecule has 114 valence electrons. The maximum atomic E-state index is 5.26. The van der Waals surface area contributed by atoms with Gasteiger partial charge in [0.1, 0.15) is 0 Å². The first-order chi connectivity index (χ1) is 9.99. The SMILES string of the molecule is Cc1cccc(C(C)NCCc2nc(C(C)C)no2)c1C. The average Bonchev–Trinajstić information content (AvgIpc) is 2.91. The summed E-state index contributed by atoms with van der Waals surface area (Å²) >= 11 is 0. The lowest BCUT2D eigenvalue weighted by atomic mass is 9.98. The summed E-state index contributed by atoms with van der Waals surface area (Å²) in [6.07, 6.45) is 0.759. The van der Waals surface area contributed by atoms with Crippen molar-refractivity contribution in [3.63, 3.8) is 0 Å². The highest BCUT2D eigenvalue weighted by Crippen LogP contribution is 2.20. The number of aromatic nitrogens is 2. The number of hydrogen-bond donors (Lipinski definition) is 1. The Labute approximate surface area is 127 Å². The van der Waals surface area contributed by atoms with Crippen molar-refractivity contribution in [3.05, 3.63) is 46.6 Å². The van der Waals surface area contributed by atoms with Gasteiger partial charge in [-0.1, -0.05) is 37.2 Å². The molecule has 1 heterocycles. The van der Waals surface area contributed by atoms with Crippen molar-refractivity contribution in [1.29, 1.82) is 0 Å². The molecule has 0 spiro atoms. The van der Waals surface area contributed by atoms with E-state index in [2.05, 4.69) is 68.3 Å². The monoisotopic (exact) mass is 287 g/mol. The van der Waals surface area contributed by atoms with Crippen LogP contribution in [0.4, 0.5) is 0 Å². The van der Waals surface area contributed by atoms with E-state index in [-0.39, 0.29) is 0 Å². The molecule has 1 aromatic carbocycles. The van der Waals surface area contributed by atoms with E-state index in [1.807, 2.05) is 0 Å². The molecule has 4 nitrogen and oxygen atoms in total. The zero-order valence-corrected chi connectivity index (χ0v) is 13.6. The summed E-state index contributed by atoms with van der Waals surface area (Å²) in [6.45, 7) is 11.5. The first kappa shape index (κ1) is 15.7. The molecule has 0 bridgehead atoms. The van der Waals surface area contributed by atoms with Gasteiger partial charge in [-0.3, -0.25) is 0 Å². The van der Waals surface area contributed by atoms with Crippen LogP contribution in [0.1, 0.15) is 61.1 Å². The van der Waals surface area contributed by atoms with Gasteiger partial charge in [0.15, 0.2) is 5.82 Å². The Morgan fingerprint density at radius 2 is 1.95 bits per heavy atom. The molecule has 4 heteroatoms. The van der Waals surface area contributed by atoms with E-state index in [1.165, 1.54) is 16.7 Å². The largest absolute Gasteiger partial charge is 0.339 e. The summed E-state index contributed by atoms with van der Waals surface area (Å²) in [5.74, 6) is 1.80. The predicted molar refractivity (Wildman–Crippen MR) is 84.4 cm³/mol. The van der Waals surface area contributed by atoms with Crippen molar-refractivity contribution in [2.24, 2.45) is 0 Å². The molecule has 2 aromatic rings. The second-order valence-electron chi connectivity index (χ2n) is 5.92. The minimum atomic E-state index is 0.310. The molecule has 1 atom stereocenters. The Bertz CT molecular complexity index is 589. The fourth-order valence-corrected chi connectivity index (χ4v) is 2.35. The number of nitrogens with one attached hydrogen (secondary N) is 1. The molecule has 1 aromatic heterocycles. The molecule has 0 saturated heterocycles. The number of nitrogens with zero attached hydrogens (tertiary/aromatic N) is 2. The molecular formula is C17H25N3O. The fraction of sp³-hybridized carbons (Fsp3) is 0.529. The van der Waals surface area contributed by atoms with Crippen LogP contribution in [0.3, 0.4) is 0 Å². The molecule has 0 aliphatic heterocycles. The van der Waals surface area contributed by atoms with Crippen LogP contribution in [0.5, 0.6) is 0 Å². The summed E-state index contributed by atoms with van der Waals surface area (Å²) in [5, 5.41) is 7.51. The molecule has 1 N–H and O–H groups in total. The minimum Gasteiger partial charge on any atom is -0.339 e. The Kier molecular flexibility index (Phi) is 5.12. The van der Waals surface area contributed by atoms with Gasteiger partial charge in [0.2, 0.25) is 5.89 Å². The van der Waals surface area contributed by atoms with E-state index in [4.69, 9.17) is 4.52 Å². The van der Waals surface area contributed by atoms with Crippen LogP contribution in [0.2, 0.25) is 0 Å². The highest BCUT2D eigenvalue weighted by Gasteiger charge is 2.11. The Morgan fingerprint density at radius 1 is 1.19 bits per heavy atom. The van der Waals surface area contributed by atoms with Crippen LogP contribution >= 0.6 is 0 Å². The van der Waals surface area contributed by atoms with Gasteiger partial charge in [-0.25, -0.2) is 0 Å². The molecule has 21 heavy (non-hydrogen) atoms. The third-order valence-corrected chi connectivity index (χ3v) is 3.90. The van der Waals surface area contributed by atoms with Gasteiger partial charge in [-0.05, 0) is 37.5 Å². The van der Waals surface area contributed by atoms with Crippen molar-refractivity contribution in [1.82, 2.24) is 15.5 Å². The Morgan fingerprint density at radius 3 is 2.62 bits per heavy atom. The zero-order chi connectivity index (χ0) is 15.4. The first-order valence-corrected chi connectivity index (χ1v) is 7.61. The van der Waals surface area contributed by atoms with Crippen LogP contribution in [0, 0.1) is 13.8 Å². The summed E-state index contributed by atoms with van der Waals surface area (Å²) in [6, 6.07) is 6.77. The average molecular weight is 287 g/mol. The fourth-order valence-electron chi connectivity index (χ4n) is 2.35. The van der Waals surface area contributed by atoms with Gasteiger partial charge in [0.25, 0.3) is 0 Å². The minimum absolute atomic E-state index is 0.310. The molecule has 0 saturated carbocycles. The van der Waals surface area contributed by atoms with E-state index in [0.717, 1.165) is 18.8 Å². The van der Waals surface area contributed by atoms with Gasteiger partial charge in [0, 0.05) is 24.9 Å². The normalized spacial score (nSPS) is 12.9. The number of aryl methyl sites for hydroxylation is 1. The molecule has 0 radical (unpaired) electrons. The predicted octanol–water partition coefficient (Wildman–Crippen LogP) is 3.70. The second kappa shape index (κ2) is 6.85. The summed E-state index contributed by atoms with van der Waals surface area (Å²) < 4.78 is 5.26. The maximum absolute atomic E-state index is 5.26. The van der Waals surface area contributed by atoms with Gasteiger partial charge in [0.05, 0.1) is 0 Å². The quantitative estimate of drug-likeness (QED) is 0.880. The van der Waals surface area contributed by atoms with Gasteiger partial charge < -0.3 is 9.84 Å². The Balaban J connectivity index is 1.89. The van der Waals surface area contributed by atoms with E-state index in [0.29, 0.717) is 17.9 Å². The van der Waals surface area contributed by atoms with Crippen LogP contribution < -0.4 is 5.32 Å². The van der Waals surface area contributed by atoms with Crippen molar-refractivity contribution in [3.8, 4) is 0 Å². The van der Waals surface area contributed by atoms with E-state index >= 15 is 0 Å². The molecule has 0 aliphatic carbocycles. The van der Waals surface area contributed by atoms with Crippen LogP contribution in [-0.2, 0) is 6.42 Å². The Hall–Kier alpha value is -1.68. The summed E-state index contributed by atoms with van der Waals surface area (Å²) in [7, 11) is 0. The molecule has 0 aliphatic rings. The van der Waals surface area contributed by atoms with Crippen molar-refractivity contribution in [2.75, 3.05) is 6.54 Å².